The molecule has 0 aliphatic carbocycles. The van der Waals surface area contributed by atoms with Crippen molar-refractivity contribution >= 4 is 23.6 Å². The molecule has 36 heavy (non-hydrogen) atoms. The minimum atomic E-state index is -0.311. The molecular formula is C26H35N7O3. The van der Waals surface area contributed by atoms with Crippen LogP contribution < -0.4 is 25.8 Å². The summed E-state index contributed by atoms with van der Waals surface area (Å²) in [5.74, 6) is 1.31. The number of nitrogens with zero attached hydrogens (tertiary/aromatic N) is 4. The van der Waals surface area contributed by atoms with Gasteiger partial charge >= 0.3 is 0 Å². The van der Waals surface area contributed by atoms with Crippen LogP contribution in [0.2, 0.25) is 0 Å². The van der Waals surface area contributed by atoms with Gasteiger partial charge in [0.15, 0.2) is 6.29 Å². The lowest BCUT2D eigenvalue weighted by Crippen LogP contribution is -2.46. The lowest BCUT2D eigenvalue weighted by Gasteiger charge is -2.35. The van der Waals surface area contributed by atoms with E-state index in [-0.39, 0.29) is 12.2 Å². The quantitative estimate of drug-likeness (QED) is 0.434. The van der Waals surface area contributed by atoms with Crippen LogP contribution in [0.4, 0.5) is 11.5 Å². The van der Waals surface area contributed by atoms with Crippen LogP contribution in [0.15, 0.2) is 53.3 Å². The normalized spacial score (nSPS) is 17.8. The minimum Gasteiger partial charge on any atom is -0.497 e. The molecule has 192 valence electrons. The molecule has 1 fully saturated rings. The fourth-order valence-electron chi connectivity index (χ4n) is 4.28. The molecule has 10 heteroatoms. The maximum atomic E-state index is 12.1. The Bertz CT molecular complexity index is 1100. The number of amides is 1. The number of piperazine rings is 1. The summed E-state index contributed by atoms with van der Waals surface area (Å²) in [6, 6.07) is 9.51. The number of hydrogen-bond donors (Lipinski definition) is 3. The van der Waals surface area contributed by atoms with Crippen LogP contribution >= 0.6 is 0 Å². The van der Waals surface area contributed by atoms with Gasteiger partial charge in [0, 0.05) is 62.1 Å². The van der Waals surface area contributed by atoms with E-state index >= 15 is 0 Å². The molecule has 1 saturated heterocycles. The number of carbonyl (C=O) groups excluding carboxylic acids is 1. The number of likely N-dealkylation sites (N-methyl/N-ethyl adjacent to an activating group) is 1. The zero-order chi connectivity index (χ0) is 25.3. The predicted octanol–water partition coefficient (Wildman–Crippen LogP) is 2.41. The molecule has 1 unspecified atom stereocenters. The van der Waals surface area contributed by atoms with Crippen molar-refractivity contribution in [3.63, 3.8) is 0 Å². The molecule has 10 nitrogen and oxygen atoms in total. The number of benzene rings is 1. The molecule has 2 aliphatic rings. The number of aromatic nitrogens is 1. The summed E-state index contributed by atoms with van der Waals surface area (Å²) in [7, 11) is 2.99. The molecular weight excluding hydrogens is 458 g/mol. The smallest absolute Gasteiger partial charge is 0.274 e. The first-order valence-corrected chi connectivity index (χ1v) is 12.3. The Kier molecular flexibility index (Phi) is 8.75. The van der Waals surface area contributed by atoms with E-state index in [0.717, 1.165) is 68.2 Å². The number of carbonyl (C=O) groups is 1. The second kappa shape index (κ2) is 12.4. The maximum Gasteiger partial charge on any atom is 0.274 e. The number of hydroxylamine groups is 1. The van der Waals surface area contributed by atoms with Crippen molar-refractivity contribution in [1.29, 1.82) is 0 Å². The first-order chi connectivity index (χ1) is 17.6. The van der Waals surface area contributed by atoms with Gasteiger partial charge in [-0.05, 0) is 54.8 Å². The van der Waals surface area contributed by atoms with Crippen LogP contribution in [-0.4, -0.2) is 75.2 Å². The second-order valence-electron chi connectivity index (χ2n) is 8.74. The lowest BCUT2D eigenvalue weighted by atomic mass is 10.0. The van der Waals surface area contributed by atoms with E-state index in [1.54, 1.807) is 13.2 Å². The third-order valence-corrected chi connectivity index (χ3v) is 6.37. The number of aliphatic imine (C=N–C) groups is 1. The summed E-state index contributed by atoms with van der Waals surface area (Å²) in [6.45, 7) is 7.40. The zero-order valence-electron chi connectivity index (χ0n) is 21.2. The van der Waals surface area contributed by atoms with E-state index < -0.39 is 0 Å². The predicted molar refractivity (Wildman–Crippen MR) is 141 cm³/mol. The average Bonchev–Trinajstić information content (AvgIpc) is 2.93. The highest BCUT2D eigenvalue weighted by Gasteiger charge is 2.17. The summed E-state index contributed by atoms with van der Waals surface area (Å²) in [4.78, 5) is 30.9. The van der Waals surface area contributed by atoms with Crippen molar-refractivity contribution in [3.8, 4) is 5.75 Å². The van der Waals surface area contributed by atoms with E-state index in [9.17, 15) is 4.79 Å². The third kappa shape index (κ3) is 6.73. The number of nitrogens with one attached hydrogen (secondary N) is 3. The Balaban J connectivity index is 1.30. The van der Waals surface area contributed by atoms with Gasteiger partial charge in [-0.3, -0.25) is 9.63 Å². The number of hydrogen-bond acceptors (Lipinski definition) is 9. The number of allylic oxidation sites excluding steroid dienone is 1. The van der Waals surface area contributed by atoms with Gasteiger partial charge in [0.1, 0.15) is 11.6 Å². The summed E-state index contributed by atoms with van der Waals surface area (Å²) < 4.78 is 5.35. The van der Waals surface area contributed by atoms with E-state index in [1.807, 2.05) is 36.8 Å². The molecule has 3 N–H and O–H groups in total. The van der Waals surface area contributed by atoms with Gasteiger partial charge in [0.05, 0.1) is 14.2 Å². The largest absolute Gasteiger partial charge is 0.497 e. The van der Waals surface area contributed by atoms with Gasteiger partial charge in [0.2, 0.25) is 0 Å². The van der Waals surface area contributed by atoms with Gasteiger partial charge < -0.3 is 25.2 Å². The summed E-state index contributed by atoms with van der Waals surface area (Å²) >= 11 is 0. The highest BCUT2D eigenvalue weighted by molar-refractivity contribution is 5.94. The monoisotopic (exact) mass is 493 g/mol. The number of aryl methyl sites for hydroxylation is 1. The SMILES string of the molecule is CCN1CCN(c2cc(NC3N=CC(CCc4cc(OC)cc(C(=O)NOC)c4)=CN3)ccn2)CC1. The van der Waals surface area contributed by atoms with Crippen molar-refractivity contribution in [2.75, 3.05) is 57.2 Å². The topological polar surface area (TPSA) is 103 Å². The van der Waals surface area contributed by atoms with Crippen molar-refractivity contribution in [3.05, 3.63) is 59.4 Å². The Hall–Kier alpha value is -3.63. The molecule has 0 saturated carbocycles. The van der Waals surface area contributed by atoms with E-state index in [2.05, 4.69) is 48.9 Å². The first kappa shape index (κ1) is 25.5. The molecule has 2 aliphatic heterocycles. The number of methoxy groups -OCH3 is 1. The molecule has 2 aromatic rings. The number of ether oxygens (including phenoxy) is 1. The molecule has 0 spiro atoms. The van der Waals surface area contributed by atoms with E-state index in [4.69, 9.17) is 9.57 Å². The highest BCUT2D eigenvalue weighted by Crippen LogP contribution is 2.21. The molecule has 0 radical (unpaired) electrons. The van der Waals surface area contributed by atoms with Crippen LogP contribution in [-0.2, 0) is 11.3 Å². The van der Waals surface area contributed by atoms with Crippen LogP contribution in [0.25, 0.3) is 0 Å². The first-order valence-electron chi connectivity index (χ1n) is 12.3. The fraction of sp³-hybridized carbons (Fsp3) is 0.423. The number of rotatable bonds is 10. The van der Waals surface area contributed by atoms with Crippen molar-refractivity contribution in [2.24, 2.45) is 4.99 Å². The third-order valence-electron chi connectivity index (χ3n) is 6.37. The Morgan fingerprint density at radius 1 is 1.14 bits per heavy atom. The Labute approximate surface area is 212 Å². The molecule has 1 atom stereocenters. The fourth-order valence-corrected chi connectivity index (χ4v) is 4.28. The molecule has 1 aromatic heterocycles. The van der Waals surface area contributed by atoms with Gasteiger partial charge in [0.25, 0.3) is 5.91 Å². The highest BCUT2D eigenvalue weighted by atomic mass is 16.6. The molecule has 4 rings (SSSR count). The maximum absolute atomic E-state index is 12.1. The molecule has 1 aromatic carbocycles. The summed E-state index contributed by atoms with van der Waals surface area (Å²) in [5.41, 5.74) is 5.88. The lowest BCUT2D eigenvalue weighted by molar-refractivity contribution is 0.0537. The molecule has 1 amide bonds. The number of anilines is 2. The van der Waals surface area contributed by atoms with Crippen LogP contribution in [0.3, 0.4) is 0 Å². The van der Waals surface area contributed by atoms with Gasteiger partial charge in [-0.1, -0.05) is 6.92 Å². The standard InChI is InChI=1S/C26H35N7O3/c1-4-32-9-11-33(12-10-32)24-16-22(7-8-27-24)30-26-28-17-20(18-29-26)6-5-19-13-21(25(34)31-36-3)15-23(14-19)35-2/h7-8,13-18,26,28H,4-6,9-12H2,1-3H3,(H,27,30)(H,31,34). The van der Waals surface area contributed by atoms with Crippen LogP contribution in [0.1, 0.15) is 29.3 Å². The Morgan fingerprint density at radius 3 is 2.67 bits per heavy atom. The van der Waals surface area contributed by atoms with Crippen LogP contribution in [0.5, 0.6) is 5.75 Å². The van der Waals surface area contributed by atoms with E-state index in [0.29, 0.717) is 11.3 Å². The Morgan fingerprint density at radius 2 is 1.97 bits per heavy atom. The van der Waals surface area contributed by atoms with Gasteiger partial charge in [-0.2, -0.15) is 0 Å². The van der Waals surface area contributed by atoms with Gasteiger partial charge in [-0.25, -0.2) is 15.5 Å². The summed E-state index contributed by atoms with van der Waals surface area (Å²) in [6.07, 6.45) is 6.97. The van der Waals surface area contributed by atoms with Crippen molar-refractivity contribution in [2.45, 2.75) is 26.1 Å². The van der Waals surface area contributed by atoms with Crippen molar-refractivity contribution < 1.29 is 14.4 Å². The van der Waals surface area contributed by atoms with Crippen molar-refractivity contribution in [1.82, 2.24) is 20.7 Å². The molecule has 3 heterocycles. The van der Waals surface area contributed by atoms with Crippen LogP contribution in [0, 0.1) is 0 Å². The van der Waals surface area contributed by atoms with E-state index in [1.165, 1.54) is 7.11 Å². The minimum absolute atomic E-state index is 0.248. The zero-order valence-corrected chi connectivity index (χ0v) is 21.2. The average molecular weight is 494 g/mol. The number of pyridine rings is 1. The van der Waals surface area contributed by atoms with Gasteiger partial charge in [-0.15, -0.1) is 0 Å². The second-order valence-corrected chi connectivity index (χ2v) is 8.74. The molecule has 0 bridgehead atoms. The summed E-state index contributed by atoms with van der Waals surface area (Å²) in [5, 5.41) is 6.74.